The molecule has 0 spiro atoms. The average Bonchev–Trinajstić information content (AvgIpc) is 2.65. The molecule has 1 heterocycles. The molecule has 5 nitrogen and oxygen atoms in total. The van der Waals surface area contributed by atoms with E-state index >= 15 is 0 Å². The van der Waals surface area contributed by atoms with Gasteiger partial charge in [0.2, 0.25) is 5.56 Å². The molecule has 0 bridgehead atoms. The van der Waals surface area contributed by atoms with Crippen molar-refractivity contribution in [2.45, 2.75) is 32.2 Å². The van der Waals surface area contributed by atoms with Gasteiger partial charge in [-0.2, -0.15) is 0 Å². The molecule has 1 atom stereocenters. The van der Waals surface area contributed by atoms with Gasteiger partial charge >= 0.3 is 0 Å². The molecule has 0 fully saturated rings. The molecule has 0 aliphatic heterocycles. The summed E-state index contributed by atoms with van der Waals surface area (Å²) in [7, 11) is 1.78. The van der Waals surface area contributed by atoms with Crippen LogP contribution in [0.25, 0.3) is 0 Å². The SMILES string of the molecule is CN=C(NCCCCn1ccccc1=O)NCC(C)c1ccccc1. The Morgan fingerprint density at radius 2 is 1.84 bits per heavy atom. The van der Waals surface area contributed by atoms with Crippen molar-refractivity contribution in [1.82, 2.24) is 15.2 Å². The van der Waals surface area contributed by atoms with E-state index in [1.54, 1.807) is 23.7 Å². The number of aryl methyl sites for hydroxylation is 1. The summed E-state index contributed by atoms with van der Waals surface area (Å²) in [5, 5.41) is 6.70. The maximum atomic E-state index is 11.6. The Morgan fingerprint density at radius 1 is 1.08 bits per heavy atom. The lowest BCUT2D eigenvalue weighted by atomic mass is 10.0. The van der Waals surface area contributed by atoms with Gasteiger partial charge < -0.3 is 15.2 Å². The van der Waals surface area contributed by atoms with Crippen molar-refractivity contribution in [2.75, 3.05) is 20.1 Å². The number of aromatic nitrogens is 1. The lowest BCUT2D eigenvalue weighted by molar-refractivity contribution is 0.584. The molecule has 2 N–H and O–H groups in total. The summed E-state index contributed by atoms with van der Waals surface area (Å²) in [6.07, 6.45) is 3.77. The molecule has 0 radical (unpaired) electrons. The van der Waals surface area contributed by atoms with E-state index in [0.29, 0.717) is 5.92 Å². The van der Waals surface area contributed by atoms with Crippen molar-refractivity contribution < 1.29 is 0 Å². The average molecular weight is 340 g/mol. The fraction of sp³-hybridized carbons (Fsp3) is 0.400. The highest BCUT2D eigenvalue weighted by Crippen LogP contribution is 2.12. The normalized spacial score (nSPS) is 12.6. The van der Waals surface area contributed by atoms with E-state index in [9.17, 15) is 4.79 Å². The highest BCUT2D eigenvalue weighted by Gasteiger charge is 2.05. The zero-order valence-electron chi connectivity index (χ0n) is 15.1. The van der Waals surface area contributed by atoms with Gasteiger partial charge in [-0.1, -0.05) is 43.3 Å². The Morgan fingerprint density at radius 3 is 2.56 bits per heavy atom. The van der Waals surface area contributed by atoms with E-state index in [1.165, 1.54) is 5.56 Å². The molecule has 134 valence electrons. The minimum absolute atomic E-state index is 0.0582. The van der Waals surface area contributed by atoms with Gasteiger partial charge in [0.1, 0.15) is 0 Å². The number of nitrogens with one attached hydrogen (secondary N) is 2. The quantitative estimate of drug-likeness (QED) is 0.441. The number of guanidine groups is 1. The molecule has 2 aromatic rings. The van der Waals surface area contributed by atoms with Gasteiger partial charge in [-0.3, -0.25) is 9.79 Å². The van der Waals surface area contributed by atoms with Crippen LogP contribution in [-0.2, 0) is 6.54 Å². The monoisotopic (exact) mass is 340 g/mol. The first-order valence-electron chi connectivity index (χ1n) is 8.85. The van der Waals surface area contributed by atoms with Crippen LogP contribution in [0.2, 0.25) is 0 Å². The van der Waals surface area contributed by atoms with Crippen LogP contribution in [0.15, 0.2) is 64.5 Å². The lowest BCUT2D eigenvalue weighted by Gasteiger charge is -2.16. The van der Waals surface area contributed by atoms with Crippen molar-refractivity contribution in [2.24, 2.45) is 4.99 Å². The lowest BCUT2D eigenvalue weighted by Crippen LogP contribution is -2.39. The van der Waals surface area contributed by atoms with Crippen LogP contribution in [0.3, 0.4) is 0 Å². The number of benzene rings is 1. The van der Waals surface area contributed by atoms with Crippen molar-refractivity contribution in [3.8, 4) is 0 Å². The van der Waals surface area contributed by atoms with Crippen LogP contribution >= 0.6 is 0 Å². The molecular weight excluding hydrogens is 312 g/mol. The van der Waals surface area contributed by atoms with Gasteiger partial charge in [0.25, 0.3) is 0 Å². The van der Waals surface area contributed by atoms with E-state index in [2.05, 4.69) is 46.8 Å². The minimum Gasteiger partial charge on any atom is -0.356 e. The molecule has 0 aliphatic rings. The van der Waals surface area contributed by atoms with Crippen LogP contribution in [0.5, 0.6) is 0 Å². The summed E-state index contributed by atoms with van der Waals surface area (Å²) in [6.45, 7) is 4.62. The van der Waals surface area contributed by atoms with Crippen LogP contribution in [-0.4, -0.2) is 30.7 Å². The highest BCUT2D eigenvalue weighted by atomic mass is 16.1. The van der Waals surface area contributed by atoms with Crippen LogP contribution in [0.1, 0.15) is 31.2 Å². The molecule has 0 amide bonds. The van der Waals surface area contributed by atoms with Crippen LogP contribution < -0.4 is 16.2 Å². The van der Waals surface area contributed by atoms with E-state index in [-0.39, 0.29) is 5.56 Å². The molecule has 0 aliphatic carbocycles. The number of hydrogen-bond donors (Lipinski definition) is 2. The van der Waals surface area contributed by atoms with Gasteiger partial charge in [-0.15, -0.1) is 0 Å². The van der Waals surface area contributed by atoms with Gasteiger partial charge in [0.05, 0.1) is 0 Å². The largest absolute Gasteiger partial charge is 0.356 e. The molecular formula is C20H28N4O. The topological polar surface area (TPSA) is 58.4 Å². The third-order valence-corrected chi connectivity index (χ3v) is 4.19. The molecule has 1 aromatic carbocycles. The predicted octanol–water partition coefficient (Wildman–Crippen LogP) is 2.60. The smallest absolute Gasteiger partial charge is 0.250 e. The number of unbranched alkanes of at least 4 members (excludes halogenated alkanes) is 1. The first-order valence-corrected chi connectivity index (χ1v) is 8.85. The zero-order valence-corrected chi connectivity index (χ0v) is 15.1. The molecule has 5 heteroatoms. The predicted molar refractivity (Wildman–Crippen MR) is 104 cm³/mol. The Balaban J connectivity index is 1.65. The van der Waals surface area contributed by atoms with Crippen LogP contribution in [0.4, 0.5) is 0 Å². The number of hydrogen-bond acceptors (Lipinski definition) is 2. The third kappa shape index (κ3) is 6.45. The Labute approximate surface area is 149 Å². The van der Waals surface area contributed by atoms with Gasteiger partial charge in [-0.25, -0.2) is 0 Å². The maximum absolute atomic E-state index is 11.6. The maximum Gasteiger partial charge on any atom is 0.250 e. The Hall–Kier alpha value is -2.56. The van der Waals surface area contributed by atoms with Crippen molar-refractivity contribution in [1.29, 1.82) is 0 Å². The van der Waals surface area contributed by atoms with E-state index in [1.807, 2.05) is 18.3 Å². The number of aliphatic imine (C=N–C) groups is 1. The number of nitrogens with zero attached hydrogens (tertiary/aromatic N) is 2. The van der Waals surface area contributed by atoms with Gasteiger partial charge in [0.15, 0.2) is 5.96 Å². The van der Waals surface area contributed by atoms with Crippen molar-refractivity contribution in [3.63, 3.8) is 0 Å². The summed E-state index contributed by atoms with van der Waals surface area (Å²) >= 11 is 0. The first kappa shape index (κ1) is 18.8. The fourth-order valence-corrected chi connectivity index (χ4v) is 2.63. The Bertz CT molecular complexity index is 709. The van der Waals surface area contributed by atoms with Gasteiger partial charge in [-0.05, 0) is 30.4 Å². The second-order valence-corrected chi connectivity index (χ2v) is 6.13. The second kappa shape index (κ2) is 10.3. The fourth-order valence-electron chi connectivity index (χ4n) is 2.63. The molecule has 0 saturated heterocycles. The third-order valence-electron chi connectivity index (χ3n) is 4.19. The van der Waals surface area contributed by atoms with E-state index < -0.39 is 0 Å². The standard InChI is InChI=1S/C20H28N4O/c1-17(18-10-4-3-5-11-18)16-23-20(21-2)22-13-7-9-15-24-14-8-6-12-19(24)25/h3-6,8,10-12,14,17H,7,9,13,15-16H2,1-2H3,(H2,21,22,23). The van der Waals surface area contributed by atoms with Crippen molar-refractivity contribution >= 4 is 5.96 Å². The summed E-state index contributed by atoms with van der Waals surface area (Å²) in [6, 6.07) is 15.7. The molecule has 1 aromatic heterocycles. The summed E-state index contributed by atoms with van der Waals surface area (Å²) in [4.78, 5) is 15.9. The van der Waals surface area contributed by atoms with Gasteiger partial charge in [0, 0.05) is 38.9 Å². The molecule has 0 saturated carbocycles. The first-order chi connectivity index (χ1) is 12.2. The zero-order chi connectivity index (χ0) is 17.9. The highest BCUT2D eigenvalue weighted by molar-refractivity contribution is 5.79. The van der Waals surface area contributed by atoms with Crippen molar-refractivity contribution in [3.05, 3.63) is 70.6 Å². The minimum atomic E-state index is 0.0582. The van der Waals surface area contributed by atoms with E-state index in [4.69, 9.17) is 0 Å². The summed E-state index contributed by atoms with van der Waals surface area (Å²) < 4.78 is 1.74. The summed E-state index contributed by atoms with van der Waals surface area (Å²) in [5.74, 6) is 1.24. The van der Waals surface area contributed by atoms with E-state index in [0.717, 1.165) is 38.4 Å². The molecule has 25 heavy (non-hydrogen) atoms. The second-order valence-electron chi connectivity index (χ2n) is 6.13. The number of pyridine rings is 1. The Kier molecular flexibility index (Phi) is 7.76. The van der Waals surface area contributed by atoms with Crippen LogP contribution in [0, 0.1) is 0 Å². The molecule has 1 unspecified atom stereocenters. The molecule has 2 rings (SSSR count). The number of rotatable bonds is 8. The summed E-state index contributed by atoms with van der Waals surface area (Å²) in [5.41, 5.74) is 1.38.